The lowest BCUT2D eigenvalue weighted by Gasteiger charge is -2.45. The van der Waals surface area contributed by atoms with Gasteiger partial charge in [0.2, 0.25) is 5.91 Å². The number of rotatable bonds is 3. The standard InChI is InChI=1S/C25H29N3O3/c1-16-8-4-6-10-18(16)26-24(30)25(3)15-27-20-12-13-31-22(20)14-21(27)23(29)28(25)19-11-7-5-9-17(19)2/h5,7,9,11-14,16,18H,4,6,8,10,15H2,1-3H3,(H,26,30)/t16-,18+,25-/m1/s1. The highest BCUT2D eigenvalue weighted by Gasteiger charge is 2.49. The Morgan fingerprint density at radius 1 is 1.19 bits per heavy atom. The van der Waals surface area contributed by atoms with Crippen LogP contribution < -0.4 is 10.2 Å². The van der Waals surface area contributed by atoms with Gasteiger partial charge in [-0.3, -0.25) is 14.5 Å². The Morgan fingerprint density at radius 3 is 2.74 bits per heavy atom. The van der Waals surface area contributed by atoms with Gasteiger partial charge in [-0.25, -0.2) is 0 Å². The van der Waals surface area contributed by atoms with Gasteiger partial charge in [-0.05, 0) is 44.2 Å². The van der Waals surface area contributed by atoms with Gasteiger partial charge in [0, 0.05) is 23.9 Å². The van der Waals surface area contributed by atoms with Gasteiger partial charge < -0.3 is 14.3 Å². The Hall–Kier alpha value is -3.02. The number of benzene rings is 1. The SMILES string of the molecule is Cc1ccccc1N1C(=O)c2cc3occc3n2C[C@]1(C)C(=O)N[C@H]1CCCC[C@H]1C. The topological polar surface area (TPSA) is 67.5 Å². The van der Waals surface area contributed by atoms with E-state index in [-0.39, 0.29) is 17.9 Å². The number of anilines is 1. The lowest BCUT2D eigenvalue weighted by molar-refractivity contribution is -0.127. The van der Waals surface area contributed by atoms with E-state index in [1.54, 1.807) is 17.2 Å². The van der Waals surface area contributed by atoms with Crippen molar-refractivity contribution in [3.63, 3.8) is 0 Å². The predicted octanol–water partition coefficient (Wildman–Crippen LogP) is 4.66. The second kappa shape index (κ2) is 7.29. The summed E-state index contributed by atoms with van der Waals surface area (Å²) in [6, 6.07) is 11.5. The molecule has 3 heterocycles. The minimum atomic E-state index is -1.06. The first kappa shape index (κ1) is 19.9. The maximum absolute atomic E-state index is 13.8. The highest BCUT2D eigenvalue weighted by Crippen LogP contribution is 2.38. The lowest BCUT2D eigenvalue weighted by Crippen LogP contribution is -2.66. The fourth-order valence-corrected chi connectivity index (χ4v) is 5.26. The van der Waals surface area contributed by atoms with Gasteiger partial charge in [-0.2, -0.15) is 0 Å². The number of aromatic nitrogens is 1. The second-order valence-corrected chi connectivity index (χ2v) is 9.33. The number of fused-ring (bicyclic) bond motifs is 3. The summed E-state index contributed by atoms with van der Waals surface area (Å²) in [5.74, 6) is 0.162. The van der Waals surface area contributed by atoms with Gasteiger partial charge in [0.1, 0.15) is 11.2 Å². The first-order valence-corrected chi connectivity index (χ1v) is 11.2. The van der Waals surface area contributed by atoms with Crippen molar-refractivity contribution in [2.24, 2.45) is 5.92 Å². The minimum absolute atomic E-state index is 0.0983. The number of para-hydroxylation sites is 1. The highest BCUT2D eigenvalue weighted by atomic mass is 16.3. The third-order valence-corrected chi connectivity index (χ3v) is 7.18. The second-order valence-electron chi connectivity index (χ2n) is 9.33. The molecule has 1 aliphatic carbocycles. The molecule has 2 amide bonds. The van der Waals surface area contributed by atoms with Crippen LogP contribution in [-0.4, -0.2) is 28.0 Å². The zero-order valence-electron chi connectivity index (χ0n) is 18.4. The molecule has 3 atom stereocenters. The molecule has 1 aliphatic heterocycles. The maximum atomic E-state index is 13.8. The van der Waals surface area contributed by atoms with E-state index in [1.807, 2.05) is 48.7 Å². The molecule has 1 saturated carbocycles. The fraction of sp³-hybridized carbons (Fsp3) is 0.440. The van der Waals surface area contributed by atoms with Crippen LogP contribution in [0.4, 0.5) is 5.69 Å². The van der Waals surface area contributed by atoms with Crippen molar-refractivity contribution >= 4 is 28.6 Å². The zero-order valence-corrected chi connectivity index (χ0v) is 18.4. The number of nitrogens with zero attached hydrogens (tertiary/aromatic N) is 2. The molecular weight excluding hydrogens is 390 g/mol. The van der Waals surface area contributed by atoms with Crippen molar-refractivity contribution in [3.05, 3.63) is 53.9 Å². The van der Waals surface area contributed by atoms with Crippen LogP contribution in [0.5, 0.6) is 0 Å². The number of furan rings is 1. The molecule has 0 bridgehead atoms. The van der Waals surface area contributed by atoms with E-state index in [0.29, 0.717) is 23.7 Å². The molecule has 2 aromatic heterocycles. The van der Waals surface area contributed by atoms with Crippen LogP contribution in [0.3, 0.4) is 0 Å². The Labute approximate surface area is 182 Å². The molecule has 31 heavy (non-hydrogen) atoms. The first-order chi connectivity index (χ1) is 14.9. The van der Waals surface area contributed by atoms with Gasteiger partial charge in [-0.1, -0.05) is 38.0 Å². The minimum Gasteiger partial charge on any atom is -0.463 e. The number of aryl methyl sites for hydroxylation is 1. The number of carbonyl (C=O) groups excluding carboxylic acids is 2. The predicted molar refractivity (Wildman–Crippen MR) is 120 cm³/mol. The molecule has 1 N–H and O–H groups in total. The third-order valence-electron chi connectivity index (χ3n) is 7.18. The molecule has 0 unspecified atom stereocenters. The number of hydrogen-bond donors (Lipinski definition) is 1. The molecular formula is C25H29N3O3. The summed E-state index contributed by atoms with van der Waals surface area (Å²) in [5, 5.41) is 3.31. The molecule has 0 spiro atoms. The molecule has 6 nitrogen and oxygen atoms in total. The summed E-state index contributed by atoms with van der Waals surface area (Å²) in [5.41, 5.74) is 2.73. The van der Waals surface area contributed by atoms with Crippen molar-refractivity contribution < 1.29 is 14.0 Å². The summed E-state index contributed by atoms with van der Waals surface area (Å²) in [4.78, 5) is 29.3. The van der Waals surface area contributed by atoms with Crippen molar-refractivity contribution in [3.8, 4) is 0 Å². The van der Waals surface area contributed by atoms with E-state index in [9.17, 15) is 9.59 Å². The van der Waals surface area contributed by atoms with Crippen LogP contribution >= 0.6 is 0 Å². The summed E-state index contributed by atoms with van der Waals surface area (Å²) < 4.78 is 7.49. The molecule has 0 saturated heterocycles. The number of carbonyl (C=O) groups is 2. The van der Waals surface area contributed by atoms with Gasteiger partial charge in [-0.15, -0.1) is 0 Å². The molecule has 1 aromatic carbocycles. The van der Waals surface area contributed by atoms with Crippen LogP contribution in [0, 0.1) is 12.8 Å². The van der Waals surface area contributed by atoms with Gasteiger partial charge in [0.05, 0.1) is 18.3 Å². The Kier molecular flexibility index (Phi) is 4.68. The van der Waals surface area contributed by atoms with E-state index in [2.05, 4.69) is 12.2 Å². The molecule has 162 valence electrons. The third kappa shape index (κ3) is 3.08. The van der Waals surface area contributed by atoms with Crippen LogP contribution in [0.25, 0.3) is 11.1 Å². The largest absolute Gasteiger partial charge is 0.463 e. The van der Waals surface area contributed by atoms with Crippen LogP contribution in [0.1, 0.15) is 55.6 Å². The molecule has 3 aromatic rings. The summed E-state index contributed by atoms with van der Waals surface area (Å²) in [7, 11) is 0. The van der Waals surface area contributed by atoms with Crippen LogP contribution in [0.2, 0.25) is 0 Å². The normalized spacial score (nSPS) is 26.2. The molecule has 6 heteroatoms. The molecule has 5 rings (SSSR count). The molecule has 2 aliphatic rings. The van der Waals surface area contributed by atoms with E-state index in [4.69, 9.17) is 4.42 Å². The van der Waals surface area contributed by atoms with E-state index in [1.165, 1.54) is 6.42 Å². The van der Waals surface area contributed by atoms with Gasteiger partial charge in [0.25, 0.3) is 5.91 Å². The Balaban J connectivity index is 1.61. The average molecular weight is 420 g/mol. The summed E-state index contributed by atoms with van der Waals surface area (Å²) in [6.45, 7) is 6.44. The Bertz CT molecular complexity index is 1160. The number of nitrogens with one attached hydrogen (secondary N) is 1. The number of amides is 2. The van der Waals surface area contributed by atoms with E-state index in [0.717, 1.165) is 36.0 Å². The summed E-state index contributed by atoms with van der Waals surface area (Å²) in [6.07, 6.45) is 6.08. The van der Waals surface area contributed by atoms with Crippen LogP contribution in [0.15, 0.2) is 47.1 Å². The fourth-order valence-electron chi connectivity index (χ4n) is 5.26. The van der Waals surface area contributed by atoms with Gasteiger partial charge in [0.15, 0.2) is 5.58 Å². The first-order valence-electron chi connectivity index (χ1n) is 11.2. The van der Waals surface area contributed by atoms with Crippen LogP contribution in [-0.2, 0) is 11.3 Å². The quantitative estimate of drug-likeness (QED) is 0.672. The Morgan fingerprint density at radius 2 is 1.97 bits per heavy atom. The lowest BCUT2D eigenvalue weighted by atomic mass is 9.84. The summed E-state index contributed by atoms with van der Waals surface area (Å²) >= 11 is 0. The zero-order chi connectivity index (χ0) is 21.8. The number of hydrogen-bond acceptors (Lipinski definition) is 3. The van der Waals surface area contributed by atoms with Gasteiger partial charge >= 0.3 is 0 Å². The molecule has 0 radical (unpaired) electrons. The monoisotopic (exact) mass is 419 g/mol. The van der Waals surface area contributed by atoms with Crippen molar-refractivity contribution in [2.45, 2.75) is 64.6 Å². The maximum Gasteiger partial charge on any atom is 0.276 e. The van der Waals surface area contributed by atoms with E-state index >= 15 is 0 Å². The van der Waals surface area contributed by atoms with E-state index < -0.39 is 5.54 Å². The van der Waals surface area contributed by atoms with Crippen molar-refractivity contribution in [1.29, 1.82) is 0 Å². The smallest absolute Gasteiger partial charge is 0.276 e. The van der Waals surface area contributed by atoms with Crippen molar-refractivity contribution in [1.82, 2.24) is 9.88 Å². The van der Waals surface area contributed by atoms with Crippen molar-refractivity contribution in [2.75, 3.05) is 4.90 Å². The molecule has 1 fully saturated rings. The highest BCUT2D eigenvalue weighted by molar-refractivity contribution is 6.14. The average Bonchev–Trinajstić information content (AvgIpc) is 3.33.